The van der Waals surface area contributed by atoms with Crippen molar-refractivity contribution in [3.63, 3.8) is 0 Å². The Hall–Kier alpha value is -3.77. The summed E-state index contributed by atoms with van der Waals surface area (Å²) in [6.07, 6.45) is 0.726. The maximum Gasteiger partial charge on any atom is 0.352 e. The number of aromatic carboxylic acids is 1. The summed E-state index contributed by atoms with van der Waals surface area (Å²) in [4.78, 5) is 12.5. The highest BCUT2D eigenvalue weighted by Crippen LogP contribution is 2.29. The zero-order chi connectivity index (χ0) is 24.9. The van der Waals surface area contributed by atoms with E-state index in [9.17, 15) is 9.90 Å². The standard InChI is InChI=1S/C29H32N2O4/c1-19-5-8-21(9-6-19)18-31-26-15-20(2)7-11-24(26)25(28(31)29(32)33)17-30-14-13-22-16-23(34-3)10-12-27(22)35-4/h5-12,15-16,30H,13-14,17-18H2,1-4H3,(H,32,33). The molecule has 0 aliphatic carbocycles. The molecule has 0 saturated carbocycles. The van der Waals surface area contributed by atoms with Crippen molar-refractivity contribution in [3.8, 4) is 11.5 Å². The molecule has 0 bridgehead atoms. The van der Waals surface area contributed by atoms with Gasteiger partial charge in [0.05, 0.1) is 14.2 Å². The number of carbonyl (C=O) groups is 1. The third-order valence-corrected chi connectivity index (χ3v) is 6.35. The molecule has 6 heteroatoms. The second-order valence-electron chi connectivity index (χ2n) is 8.83. The lowest BCUT2D eigenvalue weighted by molar-refractivity contribution is 0.0684. The predicted molar refractivity (Wildman–Crippen MR) is 139 cm³/mol. The normalized spacial score (nSPS) is 11.1. The SMILES string of the molecule is COc1ccc(OC)c(CCNCc2c(C(=O)O)n(Cc3ccc(C)cc3)c3cc(C)ccc23)c1. The molecule has 0 amide bonds. The lowest BCUT2D eigenvalue weighted by Gasteiger charge is -2.12. The summed E-state index contributed by atoms with van der Waals surface area (Å²) in [6.45, 7) is 5.70. The molecule has 1 aromatic heterocycles. The van der Waals surface area contributed by atoms with Gasteiger partial charge in [0.25, 0.3) is 0 Å². The molecule has 0 atom stereocenters. The number of aromatic nitrogens is 1. The van der Waals surface area contributed by atoms with Crippen molar-refractivity contribution in [2.24, 2.45) is 0 Å². The van der Waals surface area contributed by atoms with Gasteiger partial charge in [-0.2, -0.15) is 0 Å². The molecule has 0 fully saturated rings. The topological polar surface area (TPSA) is 72.7 Å². The van der Waals surface area contributed by atoms with Crippen LogP contribution in [0.5, 0.6) is 11.5 Å². The minimum absolute atomic E-state index is 0.331. The van der Waals surface area contributed by atoms with E-state index in [0.717, 1.165) is 51.1 Å². The maximum atomic E-state index is 12.5. The third-order valence-electron chi connectivity index (χ3n) is 6.35. The fraction of sp³-hybridized carbons (Fsp3) is 0.276. The molecule has 4 aromatic rings. The van der Waals surface area contributed by atoms with Crippen molar-refractivity contribution < 1.29 is 19.4 Å². The van der Waals surface area contributed by atoms with Crippen molar-refractivity contribution in [1.29, 1.82) is 0 Å². The van der Waals surface area contributed by atoms with Crippen LogP contribution in [0.15, 0.2) is 60.7 Å². The zero-order valence-corrected chi connectivity index (χ0v) is 20.7. The van der Waals surface area contributed by atoms with Crippen molar-refractivity contribution >= 4 is 16.9 Å². The van der Waals surface area contributed by atoms with Crippen molar-refractivity contribution in [2.75, 3.05) is 20.8 Å². The Bertz CT molecular complexity index is 1340. The second-order valence-corrected chi connectivity index (χ2v) is 8.83. The summed E-state index contributed by atoms with van der Waals surface area (Å²) in [5, 5.41) is 14.6. The van der Waals surface area contributed by atoms with E-state index >= 15 is 0 Å². The van der Waals surface area contributed by atoms with E-state index in [2.05, 4.69) is 35.6 Å². The van der Waals surface area contributed by atoms with Crippen LogP contribution in [0.3, 0.4) is 0 Å². The Labute approximate surface area is 206 Å². The Morgan fingerprint density at radius 1 is 0.943 bits per heavy atom. The number of hydrogen-bond acceptors (Lipinski definition) is 4. The summed E-state index contributed by atoms with van der Waals surface area (Å²) in [6, 6.07) is 20.1. The highest BCUT2D eigenvalue weighted by Gasteiger charge is 2.22. The van der Waals surface area contributed by atoms with Gasteiger partial charge < -0.3 is 24.5 Å². The summed E-state index contributed by atoms with van der Waals surface area (Å²) >= 11 is 0. The molecule has 1 heterocycles. The van der Waals surface area contributed by atoms with Crippen LogP contribution in [0, 0.1) is 13.8 Å². The van der Waals surface area contributed by atoms with Gasteiger partial charge in [-0.15, -0.1) is 0 Å². The molecule has 0 aliphatic rings. The van der Waals surface area contributed by atoms with E-state index in [1.165, 1.54) is 5.56 Å². The van der Waals surface area contributed by atoms with E-state index in [1.807, 2.05) is 48.7 Å². The highest BCUT2D eigenvalue weighted by atomic mass is 16.5. The number of ether oxygens (including phenoxy) is 2. The minimum atomic E-state index is -0.919. The van der Waals surface area contributed by atoms with Crippen LogP contribution in [-0.2, 0) is 19.5 Å². The number of aryl methyl sites for hydroxylation is 2. The number of hydrogen-bond donors (Lipinski definition) is 2. The fourth-order valence-corrected chi connectivity index (χ4v) is 4.51. The Kier molecular flexibility index (Phi) is 7.42. The highest BCUT2D eigenvalue weighted by molar-refractivity contribution is 5.98. The van der Waals surface area contributed by atoms with Gasteiger partial charge >= 0.3 is 5.97 Å². The Morgan fingerprint density at radius 2 is 1.69 bits per heavy atom. The number of methoxy groups -OCH3 is 2. The summed E-state index contributed by atoms with van der Waals surface area (Å²) in [7, 11) is 3.30. The molecule has 4 rings (SSSR count). The maximum absolute atomic E-state index is 12.5. The summed E-state index contributed by atoms with van der Waals surface area (Å²) in [5.74, 6) is 0.671. The van der Waals surface area contributed by atoms with Crippen molar-refractivity contribution in [3.05, 3.63) is 94.2 Å². The number of carboxylic acid groups (broad SMARTS) is 1. The minimum Gasteiger partial charge on any atom is -0.497 e. The number of fused-ring (bicyclic) bond motifs is 1. The van der Waals surface area contributed by atoms with Crippen LogP contribution >= 0.6 is 0 Å². The summed E-state index contributed by atoms with van der Waals surface area (Å²) < 4.78 is 12.8. The molecule has 182 valence electrons. The van der Waals surface area contributed by atoms with Crippen LogP contribution in [0.25, 0.3) is 10.9 Å². The fourth-order valence-electron chi connectivity index (χ4n) is 4.51. The number of carboxylic acids is 1. The van der Waals surface area contributed by atoms with Crippen LogP contribution in [-0.4, -0.2) is 36.4 Å². The van der Waals surface area contributed by atoms with Crippen LogP contribution in [0.2, 0.25) is 0 Å². The largest absolute Gasteiger partial charge is 0.497 e. The molecule has 0 radical (unpaired) electrons. The quantitative estimate of drug-likeness (QED) is 0.304. The lowest BCUT2D eigenvalue weighted by atomic mass is 10.1. The van der Waals surface area contributed by atoms with E-state index in [0.29, 0.717) is 25.3 Å². The monoisotopic (exact) mass is 472 g/mol. The summed E-state index contributed by atoms with van der Waals surface area (Å²) in [5.41, 5.74) is 6.46. The zero-order valence-electron chi connectivity index (χ0n) is 20.7. The third kappa shape index (κ3) is 5.33. The van der Waals surface area contributed by atoms with E-state index in [-0.39, 0.29) is 0 Å². The first kappa shape index (κ1) is 24.4. The number of nitrogens with one attached hydrogen (secondary N) is 1. The van der Waals surface area contributed by atoms with Gasteiger partial charge in [0.1, 0.15) is 17.2 Å². The molecule has 0 spiro atoms. The molecule has 0 saturated heterocycles. The van der Waals surface area contributed by atoms with Gasteiger partial charge in [-0.1, -0.05) is 42.0 Å². The molecule has 0 aliphatic heterocycles. The molecular weight excluding hydrogens is 440 g/mol. The van der Waals surface area contributed by atoms with Crippen LogP contribution in [0.4, 0.5) is 0 Å². The average molecular weight is 473 g/mol. The molecule has 0 unspecified atom stereocenters. The lowest BCUT2D eigenvalue weighted by Crippen LogP contribution is -2.19. The van der Waals surface area contributed by atoms with Gasteiger partial charge in [0.2, 0.25) is 0 Å². The van der Waals surface area contributed by atoms with E-state index in [4.69, 9.17) is 9.47 Å². The molecule has 35 heavy (non-hydrogen) atoms. The van der Waals surface area contributed by atoms with Crippen LogP contribution in [0.1, 0.15) is 38.3 Å². The molecule has 6 nitrogen and oxygen atoms in total. The predicted octanol–water partition coefficient (Wildman–Crippen LogP) is 5.35. The molecule has 3 aromatic carbocycles. The first-order valence-electron chi connectivity index (χ1n) is 11.7. The number of rotatable bonds is 10. The Balaban J connectivity index is 1.62. The molecule has 2 N–H and O–H groups in total. The van der Waals surface area contributed by atoms with Gasteiger partial charge in [-0.25, -0.2) is 4.79 Å². The number of nitrogens with zero attached hydrogens (tertiary/aromatic N) is 1. The molecular formula is C29H32N2O4. The second kappa shape index (κ2) is 10.7. The van der Waals surface area contributed by atoms with Gasteiger partial charge in [0, 0.05) is 29.6 Å². The first-order chi connectivity index (χ1) is 16.9. The number of benzene rings is 3. The van der Waals surface area contributed by atoms with E-state index in [1.54, 1.807) is 14.2 Å². The van der Waals surface area contributed by atoms with Crippen LogP contribution < -0.4 is 14.8 Å². The smallest absolute Gasteiger partial charge is 0.352 e. The van der Waals surface area contributed by atoms with Gasteiger partial charge in [-0.05, 0) is 67.8 Å². The van der Waals surface area contributed by atoms with Gasteiger partial charge in [0.15, 0.2) is 0 Å². The van der Waals surface area contributed by atoms with Gasteiger partial charge in [-0.3, -0.25) is 0 Å². The van der Waals surface area contributed by atoms with Crippen molar-refractivity contribution in [2.45, 2.75) is 33.4 Å². The van der Waals surface area contributed by atoms with Crippen molar-refractivity contribution in [1.82, 2.24) is 9.88 Å². The first-order valence-corrected chi connectivity index (χ1v) is 11.7. The average Bonchev–Trinajstić information content (AvgIpc) is 3.15. The Morgan fingerprint density at radius 3 is 2.37 bits per heavy atom. The van der Waals surface area contributed by atoms with E-state index < -0.39 is 5.97 Å².